The van der Waals surface area contributed by atoms with Gasteiger partial charge in [0, 0.05) is 12.6 Å². The summed E-state index contributed by atoms with van der Waals surface area (Å²) in [6.45, 7) is 8.29. The van der Waals surface area contributed by atoms with Crippen LogP contribution in [0.3, 0.4) is 0 Å². The maximum absolute atomic E-state index is 2.46. The Bertz CT molecular complexity index is 118. The predicted octanol–water partition coefficient (Wildman–Crippen LogP) is 2.13. The normalized spacial score (nSPS) is 34.2. The van der Waals surface area contributed by atoms with E-state index in [0.29, 0.717) is 5.41 Å². The summed E-state index contributed by atoms with van der Waals surface area (Å²) in [5.74, 6) is 0. The average molecular weight is 141 g/mol. The summed E-state index contributed by atoms with van der Waals surface area (Å²) in [6, 6.07) is 0.799. The Morgan fingerprint density at radius 2 is 2.00 bits per heavy atom. The summed E-state index contributed by atoms with van der Waals surface area (Å²) in [6.07, 6.45) is 2.75. The Morgan fingerprint density at radius 3 is 2.40 bits per heavy atom. The van der Waals surface area contributed by atoms with Crippen molar-refractivity contribution in [3.8, 4) is 0 Å². The molecule has 60 valence electrons. The van der Waals surface area contributed by atoms with Gasteiger partial charge in [0.1, 0.15) is 0 Å². The third-order valence-electron chi connectivity index (χ3n) is 2.67. The quantitative estimate of drug-likeness (QED) is 0.499. The number of hydrogen-bond acceptors (Lipinski definition) is 1. The van der Waals surface area contributed by atoms with Crippen LogP contribution in [-0.2, 0) is 0 Å². The molecule has 0 aromatic heterocycles. The molecule has 0 aliphatic carbocycles. The fourth-order valence-electron chi connectivity index (χ4n) is 1.73. The third kappa shape index (κ3) is 1.72. The van der Waals surface area contributed by atoms with E-state index in [-0.39, 0.29) is 0 Å². The molecule has 1 aliphatic heterocycles. The second-order valence-electron chi connectivity index (χ2n) is 4.47. The monoisotopic (exact) mass is 141 g/mol. The Hall–Kier alpha value is -0.0400. The first kappa shape index (κ1) is 8.06. The molecule has 0 saturated carbocycles. The summed E-state index contributed by atoms with van der Waals surface area (Å²) in [4.78, 5) is 2.46. The van der Waals surface area contributed by atoms with Gasteiger partial charge >= 0.3 is 0 Å². The van der Waals surface area contributed by atoms with Crippen LogP contribution in [0.4, 0.5) is 0 Å². The minimum atomic E-state index is 0.557. The van der Waals surface area contributed by atoms with Crippen molar-refractivity contribution in [2.75, 3.05) is 13.6 Å². The SMILES string of the molecule is CC1CCC(C)(C)CN1C. The van der Waals surface area contributed by atoms with E-state index in [2.05, 4.69) is 32.7 Å². The number of hydrogen-bond donors (Lipinski definition) is 0. The third-order valence-corrected chi connectivity index (χ3v) is 2.67. The summed E-state index contributed by atoms with van der Waals surface area (Å²) in [7, 11) is 2.23. The summed E-state index contributed by atoms with van der Waals surface area (Å²) < 4.78 is 0. The van der Waals surface area contributed by atoms with Gasteiger partial charge in [-0.25, -0.2) is 0 Å². The van der Waals surface area contributed by atoms with Crippen molar-refractivity contribution in [1.29, 1.82) is 0 Å². The largest absolute Gasteiger partial charge is 0.303 e. The van der Waals surface area contributed by atoms with E-state index in [1.54, 1.807) is 0 Å². The average Bonchev–Trinajstić information content (AvgIpc) is 1.79. The van der Waals surface area contributed by atoms with E-state index < -0.39 is 0 Å². The topological polar surface area (TPSA) is 3.24 Å². The van der Waals surface area contributed by atoms with Gasteiger partial charge in [0.2, 0.25) is 0 Å². The van der Waals surface area contributed by atoms with Gasteiger partial charge in [-0.3, -0.25) is 0 Å². The van der Waals surface area contributed by atoms with Gasteiger partial charge in [-0.2, -0.15) is 0 Å². The lowest BCUT2D eigenvalue weighted by atomic mass is 9.82. The number of nitrogens with zero attached hydrogens (tertiary/aromatic N) is 1. The molecule has 1 saturated heterocycles. The molecule has 0 bridgehead atoms. The van der Waals surface area contributed by atoms with Gasteiger partial charge in [0.05, 0.1) is 0 Å². The van der Waals surface area contributed by atoms with E-state index in [9.17, 15) is 0 Å². The standard InChI is InChI=1S/C9H19N/c1-8-5-6-9(2,3)7-10(8)4/h8H,5-7H2,1-4H3. The predicted molar refractivity (Wildman–Crippen MR) is 45.1 cm³/mol. The van der Waals surface area contributed by atoms with Crippen molar-refractivity contribution >= 4 is 0 Å². The highest BCUT2D eigenvalue weighted by Gasteiger charge is 2.27. The Labute approximate surface area is 64.4 Å². The van der Waals surface area contributed by atoms with Crippen LogP contribution in [0, 0.1) is 5.41 Å². The molecule has 1 heterocycles. The highest BCUT2D eigenvalue weighted by molar-refractivity contribution is 4.81. The van der Waals surface area contributed by atoms with Gasteiger partial charge in [0.25, 0.3) is 0 Å². The van der Waals surface area contributed by atoms with Gasteiger partial charge in [-0.05, 0) is 32.2 Å². The van der Waals surface area contributed by atoms with Crippen molar-refractivity contribution in [3.05, 3.63) is 0 Å². The molecule has 0 radical (unpaired) electrons. The van der Waals surface area contributed by atoms with Crippen LogP contribution in [0.5, 0.6) is 0 Å². The molecule has 1 unspecified atom stereocenters. The van der Waals surface area contributed by atoms with Crippen LogP contribution in [-0.4, -0.2) is 24.5 Å². The molecular weight excluding hydrogens is 122 g/mol. The van der Waals surface area contributed by atoms with Crippen molar-refractivity contribution in [3.63, 3.8) is 0 Å². The smallest absolute Gasteiger partial charge is 0.00643 e. The van der Waals surface area contributed by atoms with Crippen molar-refractivity contribution in [2.45, 2.75) is 39.7 Å². The Kier molecular flexibility index (Phi) is 2.04. The lowest BCUT2D eigenvalue weighted by molar-refractivity contribution is 0.0964. The first-order valence-electron chi connectivity index (χ1n) is 4.21. The zero-order valence-electron chi connectivity index (χ0n) is 7.65. The second kappa shape index (κ2) is 2.54. The van der Waals surface area contributed by atoms with Crippen molar-refractivity contribution in [1.82, 2.24) is 4.90 Å². The molecule has 1 aliphatic rings. The second-order valence-corrected chi connectivity index (χ2v) is 4.47. The zero-order valence-corrected chi connectivity index (χ0v) is 7.65. The van der Waals surface area contributed by atoms with Crippen molar-refractivity contribution in [2.24, 2.45) is 5.41 Å². The summed E-state index contributed by atoms with van der Waals surface area (Å²) in [5.41, 5.74) is 0.557. The molecular formula is C9H19N. The molecule has 0 aromatic carbocycles. The maximum atomic E-state index is 2.46. The molecule has 0 spiro atoms. The number of rotatable bonds is 0. The minimum Gasteiger partial charge on any atom is -0.303 e. The molecule has 10 heavy (non-hydrogen) atoms. The van der Waals surface area contributed by atoms with Crippen LogP contribution >= 0.6 is 0 Å². The van der Waals surface area contributed by atoms with Gasteiger partial charge in [-0.1, -0.05) is 13.8 Å². The molecule has 1 atom stereocenters. The molecule has 1 heteroatoms. The molecule has 0 aromatic rings. The van der Waals surface area contributed by atoms with Crippen LogP contribution in [0.2, 0.25) is 0 Å². The van der Waals surface area contributed by atoms with Crippen LogP contribution in [0.15, 0.2) is 0 Å². The van der Waals surface area contributed by atoms with E-state index >= 15 is 0 Å². The zero-order chi connectivity index (χ0) is 7.78. The highest BCUT2D eigenvalue weighted by Crippen LogP contribution is 2.30. The molecule has 1 rings (SSSR count). The molecule has 0 amide bonds. The van der Waals surface area contributed by atoms with Gasteiger partial charge in [-0.15, -0.1) is 0 Å². The van der Waals surface area contributed by atoms with E-state index in [4.69, 9.17) is 0 Å². The highest BCUT2D eigenvalue weighted by atomic mass is 15.1. The van der Waals surface area contributed by atoms with Crippen LogP contribution in [0.25, 0.3) is 0 Å². The first-order valence-corrected chi connectivity index (χ1v) is 4.21. The summed E-state index contributed by atoms with van der Waals surface area (Å²) in [5, 5.41) is 0. The Morgan fingerprint density at radius 1 is 1.40 bits per heavy atom. The lowest BCUT2D eigenvalue weighted by Crippen LogP contribution is -2.42. The minimum absolute atomic E-state index is 0.557. The van der Waals surface area contributed by atoms with Gasteiger partial charge in [0.15, 0.2) is 0 Å². The molecule has 1 fully saturated rings. The first-order chi connectivity index (χ1) is 4.51. The number of likely N-dealkylation sites (tertiary alicyclic amines) is 1. The van der Waals surface area contributed by atoms with E-state index in [0.717, 1.165) is 6.04 Å². The molecule has 1 nitrogen and oxygen atoms in total. The van der Waals surface area contributed by atoms with Crippen LogP contribution in [0.1, 0.15) is 33.6 Å². The van der Waals surface area contributed by atoms with E-state index in [1.165, 1.54) is 19.4 Å². The maximum Gasteiger partial charge on any atom is 0.00643 e. The van der Waals surface area contributed by atoms with Gasteiger partial charge < -0.3 is 4.90 Å². The summed E-state index contributed by atoms with van der Waals surface area (Å²) >= 11 is 0. The van der Waals surface area contributed by atoms with Crippen molar-refractivity contribution < 1.29 is 0 Å². The number of piperidine rings is 1. The lowest BCUT2D eigenvalue weighted by Gasteiger charge is -2.40. The fraction of sp³-hybridized carbons (Fsp3) is 1.00. The Balaban J connectivity index is 2.49. The van der Waals surface area contributed by atoms with E-state index in [1.807, 2.05) is 0 Å². The fourth-order valence-corrected chi connectivity index (χ4v) is 1.73. The molecule has 0 N–H and O–H groups in total. The van der Waals surface area contributed by atoms with Crippen LogP contribution < -0.4 is 0 Å².